The predicted molar refractivity (Wildman–Crippen MR) is 161 cm³/mol. The Kier molecular flexibility index (Phi) is 8.18. The summed E-state index contributed by atoms with van der Waals surface area (Å²) < 4.78 is 12.3. The first-order chi connectivity index (χ1) is 19.6. The van der Waals surface area contributed by atoms with E-state index < -0.39 is 34.6 Å². The van der Waals surface area contributed by atoms with E-state index in [9.17, 15) is 20.1 Å². The normalized spacial score (nSPS) is 27.1. The summed E-state index contributed by atoms with van der Waals surface area (Å²) in [4.78, 5) is 30.2. The summed E-state index contributed by atoms with van der Waals surface area (Å²) >= 11 is 15.9. The molecule has 2 heterocycles. The number of nitrogens with zero attached hydrogens (tertiary/aromatic N) is 2. The molecule has 2 fully saturated rings. The third-order valence-corrected chi connectivity index (χ3v) is 11.1. The van der Waals surface area contributed by atoms with Crippen molar-refractivity contribution in [1.82, 2.24) is 0 Å². The first-order valence-corrected chi connectivity index (χ1v) is 16.2. The number of rotatable bonds is 6. The molecule has 3 aliphatic rings. The molecular weight excluding hydrogens is 599 g/mol. The van der Waals surface area contributed by atoms with E-state index in [0.717, 1.165) is 75.3 Å². The van der Waals surface area contributed by atoms with E-state index in [-0.39, 0.29) is 13.2 Å². The lowest BCUT2D eigenvalue weighted by Crippen LogP contribution is -2.56. The highest BCUT2D eigenvalue weighted by Crippen LogP contribution is 2.76. The smallest absolute Gasteiger partial charge is 0.329 e. The molecule has 2 aromatic rings. The van der Waals surface area contributed by atoms with E-state index in [4.69, 9.17) is 32.7 Å². The maximum absolute atomic E-state index is 14.2. The number of thiophene rings is 2. The zero-order valence-electron chi connectivity index (χ0n) is 23.4. The van der Waals surface area contributed by atoms with Crippen LogP contribution in [0.4, 0.5) is 0 Å². The minimum absolute atomic E-state index is 0.00958. The van der Waals surface area contributed by atoms with Crippen LogP contribution in [0.15, 0.2) is 23.3 Å². The summed E-state index contributed by atoms with van der Waals surface area (Å²) in [6.07, 6.45) is 4.51. The van der Waals surface area contributed by atoms with Crippen LogP contribution in [0.25, 0.3) is 11.1 Å². The molecule has 2 bridgehead atoms. The van der Waals surface area contributed by atoms with Crippen LogP contribution >= 0.6 is 45.9 Å². The fourth-order valence-electron chi connectivity index (χ4n) is 7.29. The third-order valence-electron chi connectivity index (χ3n) is 8.75. The van der Waals surface area contributed by atoms with Crippen LogP contribution in [-0.4, -0.2) is 25.2 Å². The highest BCUT2D eigenvalue weighted by atomic mass is 35.5. The van der Waals surface area contributed by atoms with Crippen LogP contribution in [-0.2, 0) is 19.1 Å². The second-order valence-electron chi connectivity index (χ2n) is 10.6. The monoisotopic (exact) mass is 628 g/mol. The molecule has 3 aliphatic carbocycles. The number of nitriles is 2. The highest BCUT2D eigenvalue weighted by molar-refractivity contribution is 7.16. The van der Waals surface area contributed by atoms with Crippen LogP contribution in [0.5, 0.6) is 0 Å². The molecule has 2 aromatic heterocycles. The van der Waals surface area contributed by atoms with Gasteiger partial charge in [-0.15, -0.1) is 22.7 Å². The molecule has 10 heteroatoms. The molecule has 0 saturated heterocycles. The van der Waals surface area contributed by atoms with Crippen LogP contribution in [0, 0.1) is 59.2 Å². The van der Waals surface area contributed by atoms with Crippen molar-refractivity contribution in [3.63, 3.8) is 0 Å². The number of aryl methyl sites for hydroxylation is 2. The molecule has 214 valence electrons. The van der Waals surface area contributed by atoms with Gasteiger partial charge in [0.15, 0.2) is 10.8 Å². The molecule has 4 atom stereocenters. The quantitative estimate of drug-likeness (QED) is 0.235. The average Bonchev–Trinajstić information content (AvgIpc) is 3.65. The lowest BCUT2D eigenvalue weighted by molar-refractivity contribution is -0.171. The van der Waals surface area contributed by atoms with Gasteiger partial charge in [0.25, 0.3) is 0 Å². The van der Waals surface area contributed by atoms with Gasteiger partial charge in [-0.05, 0) is 87.8 Å². The lowest BCUT2D eigenvalue weighted by Gasteiger charge is -2.42. The Morgan fingerprint density at radius 2 is 1.27 bits per heavy atom. The van der Waals surface area contributed by atoms with Crippen LogP contribution in [0.3, 0.4) is 0 Å². The molecule has 0 spiro atoms. The van der Waals surface area contributed by atoms with E-state index in [0.29, 0.717) is 8.67 Å². The fourth-order valence-corrected chi connectivity index (χ4v) is 9.70. The Bertz CT molecular complexity index is 1480. The summed E-state index contributed by atoms with van der Waals surface area (Å²) in [5.41, 5.74) is 0.667. The van der Waals surface area contributed by atoms with Gasteiger partial charge in [-0.3, -0.25) is 9.59 Å². The molecule has 0 aromatic carbocycles. The van der Waals surface area contributed by atoms with Gasteiger partial charge in [-0.1, -0.05) is 40.8 Å². The van der Waals surface area contributed by atoms with Gasteiger partial charge in [0.1, 0.15) is 0 Å². The van der Waals surface area contributed by atoms with Crippen molar-refractivity contribution in [3.05, 3.63) is 52.8 Å². The Morgan fingerprint density at radius 3 is 1.59 bits per heavy atom. The van der Waals surface area contributed by atoms with Gasteiger partial charge in [-0.25, -0.2) is 0 Å². The number of ether oxygens (including phenoxy) is 2. The van der Waals surface area contributed by atoms with Crippen molar-refractivity contribution in [2.24, 2.45) is 22.7 Å². The standard InChI is InChI=1S/C31H30Cl2N2O4S2/c1-5-38-28(36)30(14-34)26-23(18-10-8-7-9-11-18)27(31(30,15-35)29(37)39-6-2)25(20-13-22(33)41-17(20)4)24(26)19-12-21(32)40-16(19)3/h12-13,26-27H,5-11H2,1-4H3/t26-,27+,30-,31-/m0/s1. The molecule has 0 aliphatic heterocycles. The summed E-state index contributed by atoms with van der Waals surface area (Å²) in [5, 5.41) is 22.2. The molecule has 41 heavy (non-hydrogen) atoms. The number of allylic oxidation sites excluding steroid dienone is 4. The summed E-state index contributed by atoms with van der Waals surface area (Å²) in [5.74, 6) is -3.56. The lowest BCUT2D eigenvalue weighted by atomic mass is 9.54. The van der Waals surface area contributed by atoms with E-state index in [2.05, 4.69) is 12.1 Å². The van der Waals surface area contributed by atoms with E-state index in [1.807, 2.05) is 26.0 Å². The number of carbonyl (C=O) groups excluding carboxylic acids is 2. The van der Waals surface area contributed by atoms with Crippen molar-refractivity contribution < 1.29 is 19.1 Å². The summed E-state index contributed by atoms with van der Waals surface area (Å²) in [6, 6.07) is 8.20. The van der Waals surface area contributed by atoms with Gasteiger partial charge >= 0.3 is 11.9 Å². The Labute approximate surface area is 258 Å². The van der Waals surface area contributed by atoms with E-state index in [1.54, 1.807) is 13.8 Å². The van der Waals surface area contributed by atoms with Crippen molar-refractivity contribution in [1.29, 1.82) is 10.5 Å². The number of halogens is 2. The van der Waals surface area contributed by atoms with E-state index in [1.165, 1.54) is 22.7 Å². The van der Waals surface area contributed by atoms with Gasteiger partial charge in [0, 0.05) is 21.6 Å². The number of carbonyl (C=O) groups is 2. The van der Waals surface area contributed by atoms with Crippen molar-refractivity contribution >= 4 is 69.0 Å². The van der Waals surface area contributed by atoms with Gasteiger partial charge in [-0.2, -0.15) is 10.5 Å². The highest BCUT2D eigenvalue weighted by Gasteiger charge is 2.82. The molecule has 6 nitrogen and oxygen atoms in total. The number of esters is 2. The zero-order chi connectivity index (χ0) is 29.7. The molecule has 5 rings (SSSR count). The minimum atomic E-state index is -2.16. The Balaban J connectivity index is 2.02. The van der Waals surface area contributed by atoms with Crippen molar-refractivity contribution in [2.75, 3.05) is 13.2 Å². The van der Waals surface area contributed by atoms with Gasteiger partial charge < -0.3 is 9.47 Å². The minimum Gasteiger partial charge on any atom is -0.465 e. The number of hydrogen-bond donors (Lipinski definition) is 0. The van der Waals surface area contributed by atoms with Crippen LogP contribution in [0.1, 0.15) is 66.8 Å². The first kappa shape index (κ1) is 29.9. The second kappa shape index (κ2) is 11.2. The SMILES string of the molecule is CCOC(=O)[C@]1(C#N)[C@@H]2C(c3cc(Cl)sc3C)=C(c3cc(Cl)sc3C)[C@@H](C2=C2CCCCC2)[C@@]1(C#N)C(=O)OCC. The first-order valence-electron chi connectivity index (χ1n) is 13.8. The van der Waals surface area contributed by atoms with Gasteiger partial charge in [0.2, 0.25) is 0 Å². The number of hydrogen-bond acceptors (Lipinski definition) is 8. The average molecular weight is 630 g/mol. The molecule has 0 N–H and O–H groups in total. The molecule has 0 unspecified atom stereocenters. The van der Waals surface area contributed by atoms with E-state index >= 15 is 0 Å². The largest absolute Gasteiger partial charge is 0.465 e. The summed E-state index contributed by atoms with van der Waals surface area (Å²) in [7, 11) is 0. The predicted octanol–water partition coefficient (Wildman–Crippen LogP) is 8.31. The maximum atomic E-state index is 14.2. The van der Waals surface area contributed by atoms with Crippen molar-refractivity contribution in [3.8, 4) is 12.1 Å². The molecule has 0 radical (unpaired) electrons. The Hall–Kier alpha value is -2.62. The second-order valence-corrected chi connectivity index (χ2v) is 14.4. The van der Waals surface area contributed by atoms with Crippen LogP contribution < -0.4 is 0 Å². The molecular formula is C31H30Cl2N2O4S2. The maximum Gasteiger partial charge on any atom is 0.329 e. The zero-order valence-corrected chi connectivity index (χ0v) is 26.5. The molecule has 0 amide bonds. The van der Waals surface area contributed by atoms with Crippen LogP contribution in [0.2, 0.25) is 8.67 Å². The van der Waals surface area contributed by atoms with Gasteiger partial charge in [0.05, 0.1) is 34.0 Å². The number of fused-ring (bicyclic) bond motifs is 2. The Morgan fingerprint density at radius 1 is 0.854 bits per heavy atom. The topological polar surface area (TPSA) is 100 Å². The fraction of sp³-hybridized carbons (Fsp3) is 0.484. The summed E-state index contributed by atoms with van der Waals surface area (Å²) in [6.45, 7) is 7.18. The molecule has 2 saturated carbocycles. The third kappa shape index (κ3) is 4.13. The van der Waals surface area contributed by atoms with Crippen molar-refractivity contribution in [2.45, 2.75) is 59.8 Å².